The second kappa shape index (κ2) is 6.26. The van der Waals surface area contributed by atoms with Gasteiger partial charge >= 0.3 is 5.97 Å². The number of anilines is 1. The Morgan fingerprint density at radius 2 is 2.10 bits per heavy atom. The van der Waals surface area contributed by atoms with Crippen molar-refractivity contribution in [2.75, 3.05) is 25.0 Å². The number of hydrogen-bond acceptors (Lipinski definition) is 3. The fourth-order valence-corrected chi connectivity index (χ4v) is 2.76. The molecule has 114 valence electrons. The molecule has 1 amide bonds. The molecular formula is C16H22N2O3. The maximum atomic E-state index is 12.1. The van der Waals surface area contributed by atoms with Crippen LogP contribution in [0.5, 0.6) is 0 Å². The predicted octanol–water partition coefficient (Wildman–Crippen LogP) is 2.12. The first-order valence-electron chi connectivity index (χ1n) is 7.22. The van der Waals surface area contributed by atoms with Gasteiger partial charge in [0.15, 0.2) is 0 Å². The van der Waals surface area contributed by atoms with E-state index in [4.69, 9.17) is 0 Å². The van der Waals surface area contributed by atoms with Crippen LogP contribution in [0.4, 0.5) is 5.69 Å². The van der Waals surface area contributed by atoms with Crippen molar-refractivity contribution in [1.29, 1.82) is 0 Å². The Kier molecular flexibility index (Phi) is 4.63. The van der Waals surface area contributed by atoms with E-state index >= 15 is 0 Å². The number of hydrogen-bond donors (Lipinski definition) is 2. The van der Waals surface area contributed by atoms with E-state index in [9.17, 15) is 14.7 Å². The van der Waals surface area contributed by atoms with Crippen LogP contribution in [-0.2, 0) is 9.59 Å². The molecular weight excluding hydrogens is 268 g/mol. The highest BCUT2D eigenvalue weighted by molar-refractivity contribution is 5.93. The minimum atomic E-state index is -0.786. The van der Waals surface area contributed by atoms with Crippen LogP contribution in [0.15, 0.2) is 24.3 Å². The van der Waals surface area contributed by atoms with Crippen molar-refractivity contribution < 1.29 is 14.7 Å². The molecule has 5 nitrogen and oxygen atoms in total. The summed E-state index contributed by atoms with van der Waals surface area (Å²) in [4.78, 5) is 25.4. The lowest BCUT2D eigenvalue weighted by Crippen LogP contribution is -2.48. The van der Waals surface area contributed by atoms with Gasteiger partial charge in [-0.2, -0.15) is 0 Å². The van der Waals surface area contributed by atoms with E-state index < -0.39 is 11.4 Å². The van der Waals surface area contributed by atoms with Gasteiger partial charge in [0.05, 0.1) is 12.0 Å². The van der Waals surface area contributed by atoms with Crippen LogP contribution in [0.3, 0.4) is 0 Å². The van der Waals surface area contributed by atoms with Gasteiger partial charge in [-0.05, 0) is 44.9 Å². The third kappa shape index (κ3) is 3.82. The van der Waals surface area contributed by atoms with Crippen molar-refractivity contribution >= 4 is 17.6 Å². The van der Waals surface area contributed by atoms with Gasteiger partial charge < -0.3 is 10.4 Å². The molecule has 1 heterocycles. The van der Waals surface area contributed by atoms with Crippen molar-refractivity contribution in [3.8, 4) is 0 Å². The molecule has 0 spiro atoms. The number of aliphatic carboxylic acids is 1. The van der Waals surface area contributed by atoms with E-state index in [1.54, 1.807) is 6.92 Å². The van der Waals surface area contributed by atoms with Crippen molar-refractivity contribution in [2.45, 2.75) is 26.7 Å². The van der Waals surface area contributed by atoms with Gasteiger partial charge in [-0.25, -0.2) is 0 Å². The van der Waals surface area contributed by atoms with Crippen LogP contribution in [-0.4, -0.2) is 41.5 Å². The quantitative estimate of drug-likeness (QED) is 0.891. The number of carboxylic acid groups (broad SMARTS) is 1. The molecule has 1 aromatic carbocycles. The van der Waals surface area contributed by atoms with Gasteiger partial charge in [0.1, 0.15) is 0 Å². The van der Waals surface area contributed by atoms with E-state index in [-0.39, 0.29) is 12.5 Å². The Balaban J connectivity index is 1.94. The zero-order valence-corrected chi connectivity index (χ0v) is 12.6. The Labute approximate surface area is 125 Å². The van der Waals surface area contributed by atoms with Crippen LogP contribution in [0, 0.1) is 12.3 Å². The minimum absolute atomic E-state index is 0.0982. The topological polar surface area (TPSA) is 69.6 Å². The van der Waals surface area contributed by atoms with Crippen LogP contribution in [0.25, 0.3) is 0 Å². The zero-order valence-electron chi connectivity index (χ0n) is 12.6. The second-order valence-corrected chi connectivity index (χ2v) is 6.04. The van der Waals surface area contributed by atoms with Crippen LogP contribution in [0.1, 0.15) is 25.3 Å². The number of rotatable bonds is 4. The third-order valence-corrected chi connectivity index (χ3v) is 4.08. The first-order chi connectivity index (χ1) is 9.90. The van der Waals surface area contributed by atoms with Crippen LogP contribution < -0.4 is 5.32 Å². The normalized spacial score (nSPS) is 22.8. The number of likely N-dealkylation sites (tertiary alicyclic amines) is 1. The molecule has 0 radical (unpaired) electrons. The Hall–Kier alpha value is -1.88. The third-order valence-electron chi connectivity index (χ3n) is 4.08. The molecule has 1 aromatic rings. The van der Waals surface area contributed by atoms with E-state index in [1.807, 2.05) is 36.1 Å². The van der Waals surface area contributed by atoms with Gasteiger partial charge in [-0.1, -0.05) is 18.2 Å². The highest BCUT2D eigenvalue weighted by atomic mass is 16.4. The summed E-state index contributed by atoms with van der Waals surface area (Å²) >= 11 is 0. The van der Waals surface area contributed by atoms with E-state index in [0.717, 1.165) is 24.2 Å². The van der Waals surface area contributed by atoms with Crippen LogP contribution in [0.2, 0.25) is 0 Å². The second-order valence-electron chi connectivity index (χ2n) is 6.04. The highest BCUT2D eigenvalue weighted by Crippen LogP contribution is 2.29. The molecule has 0 saturated carbocycles. The predicted molar refractivity (Wildman–Crippen MR) is 81.2 cm³/mol. The summed E-state index contributed by atoms with van der Waals surface area (Å²) in [7, 11) is 0. The van der Waals surface area contributed by atoms with Crippen molar-refractivity contribution in [3.05, 3.63) is 29.8 Å². The number of para-hydroxylation sites is 1. The number of carbonyl (C=O) groups excluding carboxylic acids is 1. The Morgan fingerprint density at radius 3 is 2.76 bits per heavy atom. The number of nitrogens with one attached hydrogen (secondary N) is 1. The maximum Gasteiger partial charge on any atom is 0.310 e. The van der Waals surface area contributed by atoms with Gasteiger partial charge in [0.2, 0.25) is 5.91 Å². The van der Waals surface area contributed by atoms with Crippen molar-refractivity contribution in [3.63, 3.8) is 0 Å². The molecule has 0 aromatic heterocycles. The summed E-state index contributed by atoms with van der Waals surface area (Å²) in [5.74, 6) is -0.884. The summed E-state index contributed by atoms with van der Waals surface area (Å²) < 4.78 is 0. The summed E-state index contributed by atoms with van der Waals surface area (Å²) in [6.45, 7) is 5.11. The maximum absolute atomic E-state index is 12.1. The largest absolute Gasteiger partial charge is 0.481 e. The monoisotopic (exact) mass is 290 g/mol. The Morgan fingerprint density at radius 1 is 1.38 bits per heavy atom. The summed E-state index contributed by atoms with van der Waals surface area (Å²) in [5.41, 5.74) is 1.07. The lowest BCUT2D eigenvalue weighted by Gasteiger charge is -2.37. The number of benzene rings is 1. The van der Waals surface area contributed by atoms with Gasteiger partial charge in [0, 0.05) is 12.2 Å². The first-order valence-corrected chi connectivity index (χ1v) is 7.22. The Bertz CT molecular complexity index is 544. The number of aryl methyl sites for hydroxylation is 1. The first kappa shape index (κ1) is 15.5. The van der Waals surface area contributed by atoms with E-state index in [0.29, 0.717) is 13.0 Å². The molecule has 5 heteroatoms. The highest BCUT2D eigenvalue weighted by Gasteiger charge is 2.38. The SMILES string of the molecule is Cc1ccccc1NC(=O)CN1CCCC(C)(C(=O)O)C1. The summed E-state index contributed by atoms with van der Waals surface area (Å²) in [6.07, 6.45) is 1.47. The zero-order chi connectivity index (χ0) is 15.5. The van der Waals surface area contributed by atoms with Crippen LogP contribution >= 0.6 is 0 Å². The van der Waals surface area contributed by atoms with Crippen molar-refractivity contribution in [2.24, 2.45) is 5.41 Å². The molecule has 1 aliphatic heterocycles. The fraction of sp³-hybridized carbons (Fsp3) is 0.500. The molecule has 1 unspecified atom stereocenters. The smallest absolute Gasteiger partial charge is 0.310 e. The molecule has 0 bridgehead atoms. The van der Waals surface area contributed by atoms with E-state index in [2.05, 4.69) is 5.32 Å². The fourth-order valence-electron chi connectivity index (χ4n) is 2.76. The number of carbonyl (C=O) groups is 2. The minimum Gasteiger partial charge on any atom is -0.481 e. The van der Waals surface area contributed by atoms with Gasteiger partial charge in [-0.3, -0.25) is 14.5 Å². The molecule has 1 aliphatic rings. The standard InChI is InChI=1S/C16H22N2O3/c1-12-6-3-4-7-13(12)17-14(19)10-18-9-5-8-16(2,11-18)15(20)21/h3-4,6-7H,5,8-11H2,1-2H3,(H,17,19)(H,20,21). The summed E-state index contributed by atoms with van der Waals surface area (Å²) in [6, 6.07) is 7.61. The van der Waals surface area contributed by atoms with Crippen molar-refractivity contribution in [1.82, 2.24) is 4.90 Å². The number of amides is 1. The van der Waals surface area contributed by atoms with Gasteiger partial charge in [-0.15, -0.1) is 0 Å². The number of nitrogens with zero attached hydrogens (tertiary/aromatic N) is 1. The molecule has 1 fully saturated rings. The van der Waals surface area contributed by atoms with Gasteiger partial charge in [0.25, 0.3) is 0 Å². The lowest BCUT2D eigenvalue weighted by molar-refractivity contribution is -0.151. The molecule has 21 heavy (non-hydrogen) atoms. The lowest BCUT2D eigenvalue weighted by atomic mass is 9.82. The molecule has 2 rings (SSSR count). The molecule has 1 atom stereocenters. The van der Waals surface area contributed by atoms with E-state index in [1.165, 1.54) is 0 Å². The average molecular weight is 290 g/mol. The molecule has 2 N–H and O–H groups in total. The molecule has 0 aliphatic carbocycles. The number of carboxylic acids is 1. The molecule has 1 saturated heterocycles. The number of piperidine rings is 1. The average Bonchev–Trinajstić information content (AvgIpc) is 2.41. The summed E-state index contributed by atoms with van der Waals surface area (Å²) in [5, 5.41) is 12.2.